The largest absolute Gasteiger partial charge is 0.383 e. The van der Waals surface area contributed by atoms with Gasteiger partial charge in [0.1, 0.15) is 16.4 Å². The van der Waals surface area contributed by atoms with E-state index in [1.807, 2.05) is 13.1 Å². The lowest BCUT2D eigenvalue weighted by atomic mass is 10.0. The predicted molar refractivity (Wildman–Crippen MR) is 95.4 cm³/mol. The van der Waals surface area contributed by atoms with Crippen LogP contribution in [0.1, 0.15) is 29.4 Å². The van der Waals surface area contributed by atoms with E-state index < -0.39 is 10.0 Å². The minimum Gasteiger partial charge on any atom is -0.383 e. The van der Waals surface area contributed by atoms with Crippen LogP contribution in [0.4, 0.5) is 0 Å². The SMILES string of the molecule is COCCn1c(C)cnc1CC1CCN(S(=O)(=O)c2c(C)noc2C)C1. The van der Waals surface area contributed by atoms with Crippen molar-refractivity contribution in [1.82, 2.24) is 19.0 Å². The maximum Gasteiger partial charge on any atom is 0.248 e. The van der Waals surface area contributed by atoms with Gasteiger partial charge >= 0.3 is 0 Å². The zero-order valence-electron chi connectivity index (χ0n) is 15.7. The smallest absolute Gasteiger partial charge is 0.248 e. The van der Waals surface area contributed by atoms with Gasteiger partial charge in [-0.1, -0.05) is 5.16 Å². The Labute approximate surface area is 154 Å². The van der Waals surface area contributed by atoms with Crippen molar-refractivity contribution < 1.29 is 17.7 Å². The van der Waals surface area contributed by atoms with Crippen LogP contribution in [-0.4, -0.2) is 54.2 Å². The van der Waals surface area contributed by atoms with Crippen LogP contribution in [-0.2, 0) is 27.7 Å². The van der Waals surface area contributed by atoms with Gasteiger partial charge in [0.25, 0.3) is 0 Å². The standard InChI is InChI=1S/C17H26N4O4S/c1-12-10-18-16(21(12)7-8-24-4)9-15-5-6-20(11-15)26(22,23)17-13(2)19-25-14(17)3/h10,15H,5-9,11H2,1-4H3. The van der Waals surface area contributed by atoms with E-state index in [1.165, 1.54) is 0 Å². The van der Waals surface area contributed by atoms with Gasteiger partial charge < -0.3 is 13.8 Å². The number of sulfonamides is 1. The molecule has 0 aliphatic carbocycles. The highest BCUT2D eigenvalue weighted by Crippen LogP contribution is 2.29. The van der Waals surface area contributed by atoms with Gasteiger partial charge in [-0.3, -0.25) is 0 Å². The summed E-state index contributed by atoms with van der Waals surface area (Å²) in [7, 11) is -1.89. The van der Waals surface area contributed by atoms with Crippen molar-refractivity contribution in [3.05, 3.63) is 29.2 Å². The fraction of sp³-hybridized carbons (Fsp3) is 0.647. The second-order valence-corrected chi connectivity index (χ2v) is 8.71. The Morgan fingerprint density at radius 3 is 2.77 bits per heavy atom. The van der Waals surface area contributed by atoms with Crippen LogP contribution in [0.2, 0.25) is 0 Å². The number of methoxy groups -OCH3 is 1. The first kappa shape index (κ1) is 19.1. The van der Waals surface area contributed by atoms with E-state index in [1.54, 1.807) is 25.3 Å². The van der Waals surface area contributed by atoms with Crippen molar-refractivity contribution in [2.45, 2.75) is 45.1 Å². The summed E-state index contributed by atoms with van der Waals surface area (Å²) in [6.07, 6.45) is 3.43. The van der Waals surface area contributed by atoms with E-state index in [2.05, 4.69) is 14.7 Å². The fourth-order valence-corrected chi connectivity index (χ4v) is 5.40. The first-order valence-corrected chi connectivity index (χ1v) is 10.2. The van der Waals surface area contributed by atoms with Crippen LogP contribution in [0.25, 0.3) is 0 Å². The van der Waals surface area contributed by atoms with E-state index in [9.17, 15) is 8.42 Å². The minimum absolute atomic E-state index is 0.204. The van der Waals surface area contributed by atoms with Crippen molar-refractivity contribution in [2.75, 3.05) is 26.8 Å². The van der Waals surface area contributed by atoms with Crippen molar-refractivity contribution in [3.8, 4) is 0 Å². The molecule has 0 N–H and O–H groups in total. The van der Waals surface area contributed by atoms with Gasteiger partial charge in [-0.15, -0.1) is 0 Å². The molecule has 144 valence electrons. The molecule has 3 rings (SSSR count). The first-order chi connectivity index (χ1) is 12.3. The maximum absolute atomic E-state index is 12.9. The number of aromatic nitrogens is 3. The van der Waals surface area contributed by atoms with E-state index in [-0.39, 0.29) is 10.8 Å². The molecule has 1 saturated heterocycles. The maximum atomic E-state index is 12.9. The number of imidazole rings is 1. The fourth-order valence-electron chi connectivity index (χ4n) is 3.57. The summed E-state index contributed by atoms with van der Waals surface area (Å²) in [5, 5.41) is 3.78. The molecule has 0 radical (unpaired) electrons. The van der Waals surface area contributed by atoms with Gasteiger partial charge in [0.15, 0.2) is 5.76 Å². The van der Waals surface area contributed by atoms with Crippen LogP contribution >= 0.6 is 0 Å². The molecule has 1 unspecified atom stereocenters. The number of hydrogen-bond donors (Lipinski definition) is 0. The van der Waals surface area contributed by atoms with Gasteiger partial charge in [0.05, 0.1) is 6.61 Å². The molecule has 1 aliphatic rings. The molecule has 0 spiro atoms. The third kappa shape index (κ3) is 3.56. The minimum atomic E-state index is -3.57. The lowest BCUT2D eigenvalue weighted by molar-refractivity contribution is 0.185. The molecule has 8 nitrogen and oxygen atoms in total. The molecule has 1 aliphatic heterocycles. The summed E-state index contributed by atoms with van der Waals surface area (Å²) in [5.74, 6) is 1.58. The summed E-state index contributed by atoms with van der Waals surface area (Å²) >= 11 is 0. The Balaban J connectivity index is 1.72. The highest BCUT2D eigenvalue weighted by Gasteiger charge is 2.36. The van der Waals surface area contributed by atoms with Crippen molar-refractivity contribution in [2.24, 2.45) is 5.92 Å². The van der Waals surface area contributed by atoms with Gasteiger partial charge in [-0.25, -0.2) is 13.4 Å². The predicted octanol–water partition coefficient (Wildman–Crippen LogP) is 1.70. The van der Waals surface area contributed by atoms with Crippen molar-refractivity contribution >= 4 is 10.0 Å². The van der Waals surface area contributed by atoms with Gasteiger partial charge in [0.2, 0.25) is 10.0 Å². The lowest BCUT2D eigenvalue weighted by Gasteiger charge is -2.17. The molecule has 1 atom stereocenters. The second-order valence-electron chi connectivity index (χ2n) is 6.84. The average molecular weight is 382 g/mol. The topological polar surface area (TPSA) is 90.5 Å². The normalized spacial score (nSPS) is 18.7. The van der Waals surface area contributed by atoms with E-state index in [0.717, 1.165) is 30.9 Å². The van der Waals surface area contributed by atoms with Gasteiger partial charge in [-0.05, 0) is 33.1 Å². The van der Waals surface area contributed by atoms with Crippen LogP contribution in [0.5, 0.6) is 0 Å². The molecule has 0 aromatic carbocycles. The van der Waals surface area contributed by atoms with Crippen molar-refractivity contribution in [3.63, 3.8) is 0 Å². The summed E-state index contributed by atoms with van der Waals surface area (Å²) < 4.78 is 39.8. The number of rotatable bonds is 7. The van der Waals surface area contributed by atoms with Crippen LogP contribution in [0.15, 0.2) is 15.6 Å². The lowest BCUT2D eigenvalue weighted by Crippen LogP contribution is -2.30. The average Bonchev–Trinajstić information content (AvgIpc) is 3.27. The molecule has 0 bridgehead atoms. The molecule has 9 heteroatoms. The summed E-state index contributed by atoms with van der Waals surface area (Å²) in [6, 6.07) is 0. The molecule has 0 saturated carbocycles. The quantitative estimate of drug-likeness (QED) is 0.724. The highest BCUT2D eigenvalue weighted by molar-refractivity contribution is 7.89. The molecule has 0 amide bonds. The van der Waals surface area contributed by atoms with Crippen LogP contribution in [0.3, 0.4) is 0 Å². The van der Waals surface area contributed by atoms with E-state index in [0.29, 0.717) is 31.2 Å². The number of ether oxygens (including phenoxy) is 1. The third-order valence-electron chi connectivity index (χ3n) is 4.94. The molecule has 2 aromatic heterocycles. The number of hydrogen-bond acceptors (Lipinski definition) is 6. The van der Waals surface area contributed by atoms with E-state index >= 15 is 0 Å². The molecule has 3 heterocycles. The molecule has 1 fully saturated rings. The van der Waals surface area contributed by atoms with Gasteiger partial charge in [-0.2, -0.15) is 4.31 Å². The molecule has 26 heavy (non-hydrogen) atoms. The highest BCUT2D eigenvalue weighted by atomic mass is 32.2. The monoisotopic (exact) mass is 382 g/mol. The Bertz CT molecular complexity index is 852. The number of nitrogens with zero attached hydrogens (tertiary/aromatic N) is 4. The zero-order valence-corrected chi connectivity index (χ0v) is 16.5. The molecular formula is C17H26N4O4S. The Kier molecular flexibility index (Phi) is 5.50. The summed E-state index contributed by atoms with van der Waals surface area (Å²) in [4.78, 5) is 4.72. The number of aryl methyl sites for hydroxylation is 3. The third-order valence-corrected chi connectivity index (χ3v) is 7.05. The molecule has 2 aromatic rings. The van der Waals surface area contributed by atoms with Gasteiger partial charge in [0, 0.05) is 45.1 Å². The Hall–Kier alpha value is -1.71. The second kappa shape index (κ2) is 7.50. The summed E-state index contributed by atoms with van der Waals surface area (Å²) in [5.41, 5.74) is 1.51. The van der Waals surface area contributed by atoms with Crippen LogP contribution < -0.4 is 0 Å². The summed E-state index contributed by atoms with van der Waals surface area (Å²) in [6.45, 7) is 7.70. The Morgan fingerprint density at radius 1 is 1.35 bits per heavy atom. The Morgan fingerprint density at radius 2 is 2.12 bits per heavy atom. The van der Waals surface area contributed by atoms with Crippen molar-refractivity contribution in [1.29, 1.82) is 0 Å². The van der Waals surface area contributed by atoms with E-state index in [4.69, 9.17) is 9.26 Å². The molecular weight excluding hydrogens is 356 g/mol. The zero-order chi connectivity index (χ0) is 18.9. The van der Waals surface area contributed by atoms with Crippen LogP contribution in [0, 0.1) is 26.7 Å². The first-order valence-electron chi connectivity index (χ1n) is 8.77.